The summed E-state index contributed by atoms with van der Waals surface area (Å²) in [6, 6.07) is -3.22. The molecule has 13 N–H and O–H groups in total. The minimum absolute atomic E-state index is 0.0421. The zero-order chi connectivity index (χ0) is 75.3. The van der Waals surface area contributed by atoms with Crippen molar-refractivity contribution in [2.45, 2.75) is 212 Å². The quantitative estimate of drug-likeness (QED) is 0.0325. The van der Waals surface area contributed by atoms with Gasteiger partial charge in [-0.25, -0.2) is 0 Å². The van der Waals surface area contributed by atoms with Crippen LogP contribution in [0.25, 0.3) is 0 Å². The first-order valence-corrected chi connectivity index (χ1v) is 34.7. The van der Waals surface area contributed by atoms with Crippen LogP contribution in [0.5, 0.6) is 0 Å². The molecule has 1 aliphatic rings. The highest BCUT2D eigenvalue weighted by atomic mass is 32.2. The molecule has 1 aromatic carbocycles. The number of benzene rings is 1. The van der Waals surface area contributed by atoms with Gasteiger partial charge in [0.05, 0.1) is 36.3 Å². The average Bonchev–Trinajstić information content (AvgIpc) is 1.64. The largest absolute Gasteiger partial charge is 0.481 e. The highest BCUT2D eigenvalue weighted by Gasteiger charge is 2.38. The number of thioether (sulfide) groups is 1. The van der Waals surface area contributed by atoms with E-state index < -0.39 is 226 Å². The maximum atomic E-state index is 14.4. The van der Waals surface area contributed by atoms with Gasteiger partial charge in [0.15, 0.2) is 34.7 Å². The van der Waals surface area contributed by atoms with Crippen molar-refractivity contribution in [2.75, 3.05) is 38.3 Å². The smallest absolute Gasteiger partial charge is 0.303 e. The molecule has 10 atom stereocenters. The number of likely N-dealkylation sites (tertiary alicyclic amines) is 1. The van der Waals surface area contributed by atoms with Gasteiger partial charge in [-0.05, 0) is 95.8 Å². The van der Waals surface area contributed by atoms with Crippen LogP contribution >= 0.6 is 11.8 Å². The highest BCUT2D eigenvalue weighted by molar-refractivity contribution is 7.98. The van der Waals surface area contributed by atoms with E-state index in [9.17, 15) is 107 Å². The molecule has 33 heteroatoms. The molecule has 0 aliphatic carbocycles. The van der Waals surface area contributed by atoms with Crippen LogP contribution in [0.15, 0.2) is 24.3 Å². The van der Waals surface area contributed by atoms with E-state index in [2.05, 4.69) is 31.9 Å². The van der Waals surface area contributed by atoms with Gasteiger partial charge in [0.2, 0.25) is 41.4 Å². The standard InChI is InChI=1S/C67H98N8O24S/c1-7-69-63(94)38(4)31-53(79)49(36-100-6)70-56(82)22-21-52(78)47(30-37(2)3)74-67(98)50-10-8-28-75(50)57(83)35-99-29-9-11-51(77)48(32-40-12-14-41(15-13-40)39(5)76)73-65(96)43(17-24-59(86)87)34-54(80)45(19-26-61(90)91)71-64(95)42(16-23-58(84)85)33-55(81)46(20-27-62(92)93)72-66(97)44(68)18-25-60(88)89/h12-15,37-38,42-50H,7-11,16-36,68H2,1-6H3,(H,69,94)(H,70,82)(H,71,95)(H,72,97)(H,73,96)(H,74,98)(H,84,85)(H,86,87)(H,88,89)(H,90,91)(H,92,93)/t38-,42+,43+,44-,45-,46-,47+,48-,49+,50+/m1/s1. The Kier molecular flexibility index (Phi) is 39.9. The number of amides is 7. The van der Waals surface area contributed by atoms with E-state index in [0.29, 0.717) is 24.1 Å². The molecule has 1 aliphatic heterocycles. The van der Waals surface area contributed by atoms with Gasteiger partial charge in [-0.15, -0.1) is 0 Å². The second-order valence-electron chi connectivity index (χ2n) is 25.2. The number of nitrogens with zero attached hydrogens (tertiary/aromatic N) is 1. The number of Topliss-reactive ketones (excluding diaryl/α,β-unsaturated/α-hetero) is 6. The van der Waals surface area contributed by atoms with E-state index in [1.165, 1.54) is 47.9 Å². The van der Waals surface area contributed by atoms with Gasteiger partial charge in [0.1, 0.15) is 12.6 Å². The Morgan fingerprint density at radius 2 is 1.05 bits per heavy atom. The summed E-state index contributed by atoms with van der Waals surface area (Å²) in [6.45, 7) is 8.18. The maximum absolute atomic E-state index is 14.4. The lowest BCUT2D eigenvalue weighted by molar-refractivity contribution is -0.142. The van der Waals surface area contributed by atoms with Crippen LogP contribution in [0.2, 0.25) is 0 Å². The lowest BCUT2D eigenvalue weighted by Gasteiger charge is -2.27. The summed E-state index contributed by atoms with van der Waals surface area (Å²) < 4.78 is 5.68. The molecule has 0 unspecified atom stereocenters. The third kappa shape index (κ3) is 33.8. The second-order valence-corrected chi connectivity index (χ2v) is 26.1. The van der Waals surface area contributed by atoms with E-state index in [-0.39, 0.29) is 100 Å². The number of carboxylic acid groups (broad SMARTS) is 5. The van der Waals surface area contributed by atoms with E-state index in [1.54, 1.807) is 20.1 Å². The van der Waals surface area contributed by atoms with Gasteiger partial charge in [-0.1, -0.05) is 45.0 Å². The van der Waals surface area contributed by atoms with Crippen molar-refractivity contribution in [1.82, 2.24) is 36.8 Å². The molecule has 556 valence electrons. The third-order valence-electron chi connectivity index (χ3n) is 16.5. The number of hydrogen-bond donors (Lipinski definition) is 12. The number of carbonyl (C=O) groups excluding carboxylic acids is 13. The fourth-order valence-corrected chi connectivity index (χ4v) is 11.5. The third-order valence-corrected chi connectivity index (χ3v) is 17.1. The molecule has 0 saturated carbocycles. The molecule has 1 aromatic rings. The molecule has 2 rings (SSSR count). The number of nitrogens with two attached hydrogens (primary N) is 1. The number of carboxylic acids is 5. The van der Waals surface area contributed by atoms with Crippen molar-refractivity contribution in [2.24, 2.45) is 29.4 Å². The van der Waals surface area contributed by atoms with Gasteiger partial charge in [-0.2, -0.15) is 11.8 Å². The number of ketones is 6. The van der Waals surface area contributed by atoms with Crippen molar-refractivity contribution < 1.29 is 117 Å². The van der Waals surface area contributed by atoms with Crippen molar-refractivity contribution in [1.29, 1.82) is 0 Å². The molecule has 7 amide bonds. The first kappa shape index (κ1) is 87.2. The molecule has 1 saturated heterocycles. The van der Waals surface area contributed by atoms with Gasteiger partial charge in [0.25, 0.3) is 0 Å². The molecule has 100 heavy (non-hydrogen) atoms. The minimum atomic E-state index is -1.79. The lowest BCUT2D eigenvalue weighted by Crippen LogP contribution is -2.52. The predicted octanol–water partition coefficient (Wildman–Crippen LogP) is 1.50. The number of aliphatic carboxylic acids is 5. The fraction of sp³-hybridized carbons (Fsp3) is 0.642. The molecule has 32 nitrogen and oxygen atoms in total. The Bertz CT molecular complexity index is 3070. The van der Waals surface area contributed by atoms with Crippen LogP contribution in [0, 0.1) is 23.7 Å². The van der Waals surface area contributed by atoms with Crippen LogP contribution < -0.4 is 37.6 Å². The highest BCUT2D eigenvalue weighted by Crippen LogP contribution is 2.23. The normalized spacial score (nSPS) is 15.4. The van der Waals surface area contributed by atoms with E-state index in [0.717, 1.165) is 0 Å². The van der Waals surface area contributed by atoms with Crippen molar-refractivity contribution >= 4 is 118 Å². The molecule has 1 fully saturated rings. The number of hydrogen-bond acceptors (Lipinski definition) is 21. The number of carbonyl (C=O) groups is 18. The summed E-state index contributed by atoms with van der Waals surface area (Å²) in [4.78, 5) is 235. The van der Waals surface area contributed by atoms with Crippen molar-refractivity contribution in [3.8, 4) is 0 Å². The molecular weight excluding hydrogens is 1330 g/mol. The SMILES string of the molecule is CCNC(=O)[C@H](C)CC(=O)[C@H](CSC)NC(=O)CCC(=O)[C@H](CC(C)C)NC(=O)[C@@H]1CCCN1C(=O)COCCCC(=O)[C@@H](Cc1ccc(C(C)=O)cc1)NC(=O)[C@@H](CCC(=O)O)CC(=O)[C@@H](CCC(=O)O)NC(=O)[C@@H](CCC(=O)O)CC(=O)[C@@H](CCC(=O)O)NC(=O)[C@H](N)CCC(=O)O. The Labute approximate surface area is 583 Å². The molecule has 1 heterocycles. The van der Waals surface area contributed by atoms with Crippen LogP contribution in [0.4, 0.5) is 0 Å². The first-order valence-electron chi connectivity index (χ1n) is 33.3. The molecule has 0 spiro atoms. The van der Waals surface area contributed by atoms with Gasteiger partial charge >= 0.3 is 29.8 Å². The van der Waals surface area contributed by atoms with Crippen LogP contribution in [-0.2, 0) is 92.7 Å². The molecule has 0 radical (unpaired) electrons. The summed E-state index contributed by atoms with van der Waals surface area (Å²) >= 11 is 1.32. The lowest BCUT2D eigenvalue weighted by atomic mass is 9.89. The van der Waals surface area contributed by atoms with E-state index in [4.69, 9.17) is 15.6 Å². The number of nitrogens with one attached hydrogen (secondary N) is 6. The van der Waals surface area contributed by atoms with Crippen LogP contribution in [0.3, 0.4) is 0 Å². The molecule has 0 bridgehead atoms. The molecular formula is C67H98N8O24S. The van der Waals surface area contributed by atoms with E-state index >= 15 is 0 Å². The molecule has 0 aromatic heterocycles. The monoisotopic (exact) mass is 1430 g/mol. The Morgan fingerprint density at radius 1 is 0.560 bits per heavy atom. The topological polar surface area (TPSA) is 519 Å². The first-order chi connectivity index (χ1) is 47.1. The summed E-state index contributed by atoms with van der Waals surface area (Å²) in [6.07, 6.45) is -6.61. The maximum Gasteiger partial charge on any atom is 0.303 e. The van der Waals surface area contributed by atoms with Gasteiger partial charge < -0.3 is 72.8 Å². The number of ether oxygens (including phenoxy) is 1. The summed E-state index contributed by atoms with van der Waals surface area (Å²) in [7, 11) is 0. The van der Waals surface area contributed by atoms with Crippen molar-refractivity contribution in [3.05, 3.63) is 35.4 Å². The number of rotatable bonds is 53. The minimum Gasteiger partial charge on any atom is -0.481 e. The summed E-state index contributed by atoms with van der Waals surface area (Å²) in [5.41, 5.74) is 6.54. The Hall–Kier alpha value is -8.85. The zero-order valence-electron chi connectivity index (χ0n) is 57.5. The van der Waals surface area contributed by atoms with Gasteiger partial charge in [-0.3, -0.25) is 86.3 Å². The van der Waals surface area contributed by atoms with Gasteiger partial charge in [0, 0.05) is 119 Å². The van der Waals surface area contributed by atoms with Crippen LogP contribution in [0.1, 0.15) is 179 Å². The Morgan fingerprint density at radius 3 is 1.55 bits per heavy atom. The average molecular weight is 1430 g/mol. The second kappa shape index (κ2) is 45.7. The summed E-state index contributed by atoms with van der Waals surface area (Å²) in [5, 5.41) is 62.6. The Balaban J connectivity index is 2.31. The van der Waals surface area contributed by atoms with E-state index in [1.807, 2.05) is 13.8 Å². The van der Waals surface area contributed by atoms with Crippen LogP contribution in [-0.4, -0.2) is 217 Å². The fourth-order valence-electron chi connectivity index (χ4n) is 10.9. The predicted molar refractivity (Wildman–Crippen MR) is 358 cm³/mol. The summed E-state index contributed by atoms with van der Waals surface area (Å²) in [5.74, 6) is -19.7. The van der Waals surface area contributed by atoms with Crippen molar-refractivity contribution in [3.63, 3.8) is 0 Å². The zero-order valence-corrected chi connectivity index (χ0v) is 58.3.